The van der Waals surface area contributed by atoms with Crippen LogP contribution in [0.2, 0.25) is 5.28 Å². The summed E-state index contributed by atoms with van der Waals surface area (Å²) in [6.07, 6.45) is 1.77. The van der Waals surface area contributed by atoms with Crippen molar-refractivity contribution in [3.8, 4) is 0 Å². The molecule has 2 heterocycles. The molecule has 1 aliphatic rings. The van der Waals surface area contributed by atoms with E-state index in [9.17, 15) is 0 Å². The first-order valence-corrected chi connectivity index (χ1v) is 4.97. The zero-order valence-electron chi connectivity index (χ0n) is 8.03. The zero-order chi connectivity index (χ0) is 9.97. The van der Waals surface area contributed by atoms with Gasteiger partial charge in [-0.3, -0.25) is 0 Å². The van der Waals surface area contributed by atoms with Crippen LogP contribution in [0.3, 0.4) is 0 Å². The van der Waals surface area contributed by atoms with Gasteiger partial charge in [0.05, 0.1) is 30.8 Å². The Morgan fingerprint density at radius 3 is 2.79 bits per heavy atom. The van der Waals surface area contributed by atoms with Crippen LogP contribution >= 0.6 is 11.6 Å². The second-order valence-corrected chi connectivity index (χ2v) is 3.55. The van der Waals surface area contributed by atoms with Crippen molar-refractivity contribution in [3.63, 3.8) is 0 Å². The molecule has 0 aromatic carbocycles. The molecule has 0 spiro atoms. The van der Waals surface area contributed by atoms with E-state index in [0.717, 1.165) is 37.7 Å². The zero-order valence-corrected chi connectivity index (χ0v) is 8.79. The first-order chi connectivity index (χ1) is 6.77. The molecule has 1 aromatic rings. The smallest absolute Gasteiger partial charge is 0.222 e. The molecule has 0 atom stereocenters. The van der Waals surface area contributed by atoms with Gasteiger partial charge in [-0.1, -0.05) is 0 Å². The predicted octanol–water partition coefficient (Wildman–Crippen LogP) is 1.28. The molecule has 76 valence electrons. The number of hydrogen-bond acceptors (Lipinski definition) is 4. The van der Waals surface area contributed by atoms with Crippen LogP contribution in [-0.4, -0.2) is 36.3 Å². The van der Waals surface area contributed by atoms with E-state index in [1.165, 1.54) is 0 Å². The van der Waals surface area contributed by atoms with Crippen molar-refractivity contribution in [3.05, 3.63) is 17.2 Å². The molecule has 14 heavy (non-hydrogen) atoms. The first kappa shape index (κ1) is 9.68. The van der Waals surface area contributed by atoms with Gasteiger partial charge in [-0.15, -0.1) is 0 Å². The van der Waals surface area contributed by atoms with Gasteiger partial charge in [-0.2, -0.15) is 0 Å². The Morgan fingerprint density at radius 1 is 1.43 bits per heavy atom. The second-order valence-electron chi connectivity index (χ2n) is 3.21. The number of hydrogen-bond donors (Lipinski definition) is 0. The molecule has 1 saturated heterocycles. The molecule has 1 aromatic heterocycles. The Labute approximate surface area is 87.9 Å². The Balaban J connectivity index is 2.22. The van der Waals surface area contributed by atoms with Crippen molar-refractivity contribution in [1.82, 2.24) is 9.97 Å². The summed E-state index contributed by atoms with van der Waals surface area (Å²) >= 11 is 5.69. The van der Waals surface area contributed by atoms with Crippen LogP contribution in [0.5, 0.6) is 0 Å². The lowest BCUT2D eigenvalue weighted by Gasteiger charge is -2.29. The highest BCUT2D eigenvalue weighted by molar-refractivity contribution is 6.28. The molecule has 1 fully saturated rings. The third kappa shape index (κ3) is 1.96. The van der Waals surface area contributed by atoms with E-state index in [1.54, 1.807) is 6.20 Å². The summed E-state index contributed by atoms with van der Waals surface area (Å²) < 4.78 is 5.28. The normalized spacial score (nSPS) is 17.1. The van der Waals surface area contributed by atoms with Gasteiger partial charge in [0.25, 0.3) is 0 Å². The molecular weight excluding hydrogens is 202 g/mol. The summed E-state index contributed by atoms with van der Waals surface area (Å²) in [6, 6.07) is 0. The van der Waals surface area contributed by atoms with Crippen LogP contribution in [0.15, 0.2) is 6.20 Å². The molecule has 0 N–H and O–H groups in total. The summed E-state index contributed by atoms with van der Waals surface area (Å²) in [7, 11) is 0. The average molecular weight is 214 g/mol. The van der Waals surface area contributed by atoms with E-state index in [4.69, 9.17) is 16.3 Å². The molecule has 0 aliphatic carbocycles. The largest absolute Gasteiger partial charge is 0.378 e. The highest BCUT2D eigenvalue weighted by atomic mass is 35.5. The van der Waals surface area contributed by atoms with E-state index < -0.39 is 0 Å². The predicted molar refractivity (Wildman–Crippen MR) is 54.8 cm³/mol. The maximum Gasteiger partial charge on any atom is 0.222 e. The fourth-order valence-corrected chi connectivity index (χ4v) is 1.72. The lowest BCUT2D eigenvalue weighted by molar-refractivity contribution is 0.122. The highest BCUT2D eigenvalue weighted by Gasteiger charge is 2.14. The Bertz CT molecular complexity index is 326. The van der Waals surface area contributed by atoms with Crippen LogP contribution in [0.1, 0.15) is 5.69 Å². The van der Waals surface area contributed by atoms with Gasteiger partial charge >= 0.3 is 0 Å². The molecule has 0 saturated carbocycles. The summed E-state index contributed by atoms with van der Waals surface area (Å²) in [5.41, 5.74) is 1.98. The molecule has 0 unspecified atom stereocenters. The van der Waals surface area contributed by atoms with E-state index in [2.05, 4.69) is 14.9 Å². The second kappa shape index (κ2) is 4.11. The Morgan fingerprint density at radius 2 is 2.14 bits per heavy atom. The quantitative estimate of drug-likeness (QED) is 0.659. The van der Waals surface area contributed by atoms with Crippen LogP contribution in [-0.2, 0) is 4.74 Å². The van der Waals surface area contributed by atoms with Crippen molar-refractivity contribution >= 4 is 17.3 Å². The van der Waals surface area contributed by atoms with Crippen LogP contribution < -0.4 is 4.90 Å². The van der Waals surface area contributed by atoms with Crippen molar-refractivity contribution in [2.75, 3.05) is 31.2 Å². The van der Waals surface area contributed by atoms with Gasteiger partial charge in [0.2, 0.25) is 5.28 Å². The molecule has 0 bridgehead atoms. The molecular formula is C9H12ClN3O. The molecule has 2 rings (SSSR count). The first-order valence-electron chi connectivity index (χ1n) is 4.59. The van der Waals surface area contributed by atoms with Crippen molar-refractivity contribution < 1.29 is 4.74 Å². The van der Waals surface area contributed by atoms with E-state index in [0.29, 0.717) is 5.28 Å². The van der Waals surface area contributed by atoms with Crippen molar-refractivity contribution in [1.29, 1.82) is 0 Å². The minimum atomic E-state index is 0.305. The lowest BCUT2D eigenvalue weighted by Crippen LogP contribution is -2.36. The number of rotatable bonds is 1. The van der Waals surface area contributed by atoms with Crippen LogP contribution in [0.25, 0.3) is 0 Å². The molecule has 0 amide bonds. The lowest BCUT2D eigenvalue weighted by atomic mass is 10.3. The third-order valence-electron chi connectivity index (χ3n) is 2.28. The summed E-state index contributed by atoms with van der Waals surface area (Å²) in [6.45, 7) is 5.26. The number of aromatic nitrogens is 2. The van der Waals surface area contributed by atoms with Gasteiger partial charge in [-0.25, -0.2) is 9.97 Å². The number of ether oxygens (including phenoxy) is 1. The van der Waals surface area contributed by atoms with E-state index >= 15 is 0 Å². The Hall–Kier alpha value is -0.870. The number of anilines is 1. The SMILES string of the molecule is Cc1nc(Cl)ncc1N1CCOCC1. The maximum absolute atomic E-state index is 5.69. The minimum Gasteiger partial charge on any atom is -0.378 e. The number of halogens is 1. The molecule has 0 radical (unpaired) electrons. The topological polar surface area (TPSA) is 38.2 Å². The molecule has 4 nitrogen and oxygen atoms in total. The van der Waals surface area contributed by atoms with E-state index in [1.807, 2.05) is 6.92 Å². The fourth-order valence-electron chi connectivity index (χ4n) is 1.55. The molecule has 1 aliphatic heterocycles. The monoisotopic (exact) mass is 213 g/mol. The van der Waals surface area contributed by atoms with Gasteiger partial charge in [0, 0.05) is 13.1 Å². The minimum absolute atomic E-state index is 0.305. The highest BCUT2D eigenvalue weighted by Crippen LogP contribution is 2.19. The van der Waals surface area contributed by atoms with Crippen LogP contribution in [0, 0.1) is 6.92 Å². The van der Waals surface area contributed by atoms with E-state index in [-0.39, 0.29) is 0 Å². The van der Waals surface area contributed by atoms with Gasteiger partial charge in [-0.05, 0) is 18.5 Å². The Kier molecular flexibility index (Phi) is 2.84. The fraction of sp³-hybridized carbons (Fsp3) is 0.556. The van der Waals surface area contributed by atoms with Gasteiger partial charge in [0.1, 0.15) is 0 Å². The van der Waals surface area contributed by atoms with Crippen molar-refractivity contribution in [2.24, 2.45) is 0 Å². The molecule has 5 heteroatoms. The number of nitrogens with zero attached hydrogens (tertiary/aromatic N) is 3. The average Bonchev–Trinajstić information content (AvgIpc) is 2.19. The summed E-state index contributed by atoms with van der Waals surface area (Å²) in [4.78, 5) is 10.3. The standard InChI is InChI=1S/C9H12ClN3O/c1-7-8(6-11-9(10)12-7)13-2-4-14-5-3-13/h6H,2-5H2,1H3. The van der Waals surface area contributed by atoms with Crippen molar-refractivity contribution in [2.45, 2.75) is 6.92 Å². The van der Waals surface area contributed by atoms with Gasteiger partial charge < -0.3 is 9.64 Å². The summed E-state index contributed by atoms with van der Waals surface area (Å²) in [5, 5.41) is 0.305. The maximum atomic E-state index is 5.69. The number of aryl methyl sites for hydroxylation is 1. The number of morpholine rings is 1. The third-order valence-corrected chi connectivity index (χ3v) is 2.46. The summed E-state index contributed by atoms with van der Waals surface area (Å²) in [5.74, 6) is 0. The van der Waals surface area contributed by atoms with Crippen LogP contribution in [0.4, 0.5) is 5.69 Å². The van der Waals surface area contributed by atoms with Gasteiger partial charge in [0.15, 0.2) is 0 Å².